The number of benzene rings is 1. The van der Waals surface area contributed by atoms with E-state index >= 15 is 0 Å². The Kier molecular flexibility index (Phi) is 7.82. The molecule has 0 unspecified atom stereocenters. The molecule has 2 aromatic rings. The minimum Gasteiger partial charge on any atom is -0.444 e. The van der Waals surface area contributed by atoms with Crippen LogP contribution < -0.4 is 16.0 Å². The van der Waals surface area contributed by atoms with Gasteiger partial charge in [-0.05, 0) is 51.3 Å². The number of nitrogens with zero attached hydrogens (tertiary/aromatic N) is 3. The summed E-state index contributed by atoms with van der Waals surface area (Å²) in [5, 5.41) is 9.46. The Hall–Kier alpha value is -3.14. The maximum absolute atomic E-state index is 13.5. The summed E-state index contributed by atoms with van der Waals surface area (Å²) in [5.41, 5.74) is 1.89. The van der Waals surface area contributed by atoms with Gasteiger partial charge in [0.1, 0.15) is 17.2 Å². The van der Waals surface area contributed by atoms with Gasteiger partial charge in [0, 0.05) is 49.1 Å². The van der Waals surface area contributed by atoms with Crippen LogP contribution in [0.4, 0.5) is 21.0 Å². The molecule has 2 heterocycles. The van der Waals surface area contributed by atoms with Gasteiger partial charge in [0.05, 0.1) is 12.2 Å². The second kappa shape index (κ2) is 10.9. The van der Waals surface area contributed by atoms with E-state index in [1.54, 1.807) is 26.8 Å². The molecule has 9 nitrogen and oxygen atoms in total. The largest absolute Gasteiger partial charge is 0.444 e. The number of alkyl carbamates (subject to hydrolysis) is 1. The van der Waals surface area contributed by atoms with Gasteiger partial charge in [-0.2, -0.15) is 4.98 Å². The zero-order valence-electron chi connectivity index (χ0n) is 20.8. The average molecular weight is 519 g/mol. The summed E-state index contributed by atoms with van der Waals surface area (Å²) >= 11 is 6.20. The van der Waals surface area contributed by atoms with Crippen LogP contribution in [0.3, 0.4) is 0 Å². The molecule has 1 aliphatic heterocycles. The quantitative estimate of drug-likeness (QED) is 0.451. The predicted octanol–water partition coefficient (Wildman–Crippen LogP) is 4.11. The Balaban J connectivity index is 1.46. The van der Waals surface area contributed by atoms with Crippen molar-refractivity contribution in [1.82, 2.24) is 20.2 Å². The van der Waals surface area contributed by atoms with E-state index in [4.69, 9.17) is 16.3 Å². The molecule has 1 saturated carbocycles. The highest BCUT2D eigenvalue weighted by Crippen LogP contribution is 2.34. The summed E-state index contributed by atoms with van der Waals surface area (Å²) < 4.78 is 18.7. The van der Waals surface area contributed by atoms with Gasteiger partial charge in [-0.15, -0.1) is 0 Å². The van der Waals surface area contributed by atoms with Crippen LogP contribution in [0.5, 0.6) is 0 Å². The van der Waals surface area contributed by atoms with Gasteiger partial charge in [-0.3, -0.25) is 4.79 Å². The molecular formula is C25H32ClFN6O3. The van der Waals surface area contributed by atoms with Gasteiger partial charge in [0.15, 0.2) is 0 Å². The number of carbonyl (C=O) groups excluding carboxylic acids is 2. The van der Waals surface area contributed by atoms with Crippen LogP contribution in [0.1, 0.15) is 50.4 Å². The number of fused-ring (bicyclic) bond motifs is 1. The summed E-state index contributed by atoms with van der Waals surface area (Å²) in [6, 6.07) is 4.26. The van der Waals surface area contributed by atoms with Crippen LogP contribution >= 0.6 is 11.6 Å². The van der Waals surface area contributed by atoms with Crippen LogP contribution in [-0.4, -0.2) is 52.1 Å². The van der Waals surface area contributed by atoms with Crippen LogP contribution in [-0.2, 0) is 29.0 Å². The smallest absolute Gasteiger partial charge is 0.407 e. The van der Waals surface area contributed by atoms with Crippen molar-refractivity contribution in [1.29, 1.82) is 0 Å². The molecule has 0 atom stereocenters. The molecule has 194 valence electrons. The van der Waals surface area contributed by atoms with E-state index in [0.29, 0.717) is 55.9 Å². The van der Waals surface area contributed by atoms with E-state index in [0.717, 1.165) is 29.7 Å². The van der Waals surface area contributed by atoms with Crippen LogP contribution in [0.15, 0.2) is 18.2 Å². The molecule has 11 heteroatoms. The van der Waals surface area contributed by atoms with Crippen LogP contribution in [0, 0.1) is 11.7 Å². The van der Waals surface area contributed by atoms with Crippen LogP contribution in [0.2, 0.25) is 5.02 Å². The fraction of sp³-hybridized carbons (Fsp3) is 0.520. The highest BCUT2D eigenvalue weighted by atomic mass is 35.5. The van der Waals surface area contributed by atoms with E-state index in [1.165, 1.54) is 12.1 Å². The second-order valence-corrected chi connectivity index (χ2v) is 10.5. The van der Waals surface area contributed by atoms with E-state index in [9.17, 15) is 14.0 Å². The lowest BCUT2D eigenvalue weighted by molar-refractivity contribution is -0.133. The third-order valence-corrected chi connectivity index (χ3v) is 6.19. The van der Waals surface area contributed by atoms with Crippen molar-refractivity contribution in [3.8, 4) is 0 Å². The molecular weight excluding hydrogens is 487 g/mol. The van der Waals surface area contributed by atoms with E-state index in [-0.39, 0.29) is 11.8 Å². The number of hydrogen-bond acceptors (Lipinski definition) is 7. The molecule has 0 radical (unpaired) electrons. The zero-order chi connectivity index (χ0) is 25.9. The lowest BCUT2D eigenvalue weighted by Crippen LogP contribution is -2.38. The maximum atomic E-state index is 13.5. The van der Waals surface area contributed by atoms with Gasteiger partial charge >= 0.3 is 6.09 Å². The number of halogens is 2. The molecule has 0 spiro atoms. The summed E-state index contributed by atoms with van der Waals surface area (Å²) in [4.78, 5) is 35.7. The number of rotatable bonds is 8. The van der Waals surface area contributed by atoms with Crippen molar-refractivity contribution in [2.24, 2.45) is 5.92 Å². The maximum Gasteiger partial charge on any atom is 0.407 e. The highest BCUT2D eigenvalue weighted by Gasteiger charge is 2.35. The van der Waals surface area contributed by atoms with Crippen molar-refractivity contribution in [2.45, 2.75) is 58.7 Å². The number of nitrogens with one attached hydrogen (secondary N) is 3. The molecule has 4 rings (SSSR count). The minimum absolute atomic E-state index is 0.139. The molecule has 36 heavy (non-hydrogen) atoms. The number of aromatic nitrogens is 2. The fourth-order valence-electron chi connectivity index (χ4n) is 3.91. The Labute approximate surface area is 215 Å². The SMILES string of the molecule is CC(C)(C)OC(=O)NCCNc1nc2c(c(NCc3ccc(F)cc3Cl)n1)CN(C(=O)C1CC1)CC2. The zero-order valence-corrected chi connectivity index (χ0v) is 21.5. The normalized spacial score (nSPS) is 15.2. The molecule has 0 bridgehead atoms. The van der Waals surface area contributed by atoms with Gasteiger partial charge in [0.2, 0.25) is 11.9 Å². The van der Waals surface area contributed by atoms with Gasteiger partial charge in [0.25, 0.3) is 0 Å². The summed E-state index contributed by atoms with van der Waals surface area (Å²) in [7, 11) is 0. The van der Waals surface area contributed by atoms with E-state index in [1.807, 2.05) is 4.90 Å². The van der Waals surface area contributed by atoms with Crippen molar-refractivity contribution in [2.75, 3.05) is 30.3 Å². The average Bonchev–Trinajstić information content (AvgIpc) is 3.65. The number of carbonyl (C=O) groups is 2. The van der Waals surface area contributed by atoms with E-state index < -0.39 is 17.5 Å². The Morgan fingerprint density at radius 3 is 2.67 bits per heavy atom. The lowest BCUT2D eigenvalue weighted by Gasteiger charge is -2.30. The first-order chi connectivity index (χ1) is 17.1. The third-order valence-electron chi connectivity index (χ3n) is 5.84. The number of ether oxygens (including phenoxy) is 1. The van der Waals surface area contributed by atoms with Crippen molar-refractivity contribution >= 4 is 35.4 Å². The summed E-state index contributed by atoms with van der Waals surface area (Å²) in [6.07, 6.45) is 2.03. The molecule has 3 N–H and O–H groups in total. The molecule has 1 aromatic heterocycles. The summed E-state index contributed by atoms with van der Waals surface area (Å²) in [5.74, 6) is 0.929. The number of amides is 2. The fourth-order valence-corrected chi connectivity index (χ4v) is 4.15. The number of hydrogen-bond donors (Lipinski definition) is 3. The lowest BCUT2D eigenvalue weighted by atomic mass is 10.1. The molecule has 2 amide bonds. The summed E-state index contributed by atoms with van der Waals surface area (Å²) in [6.45, 7) is 7.52. The second-order valence-electron chi connectivity index (χ2n) is 10.0. The first-order valence-corrected chi connectivity index (χ1v) is 12.5. The predicted molar refractivity (Wildman–Crippen MR) is 135 cm³/mol. The Bertz CT molecular complexity index is 1140. The standard InChI is InChI=1S/C25H32ClFN6O3/c1-25(2,3)36-24(35)29-10-9-28-23-31-20-8-11-33(22(34)15-4-5-15)14-18(20)21(32-23)30-13-16-6-7-17(27)12-19(16)26/h6-7,12,15H,4-5,8-11,13-14H2,1-3H3,(H,29,35)(H2,28,30,31,32). The van der Waals surface area contributed by atoms with Crippen molar-refractivity contribution in [3.63, 3.8) is 0 Å². The topological polar surface area (TPSA) is 108 Å². The van der Waals surface area contributed by atoms with Crippen LogP contribution in [0.25, 0.3) is 0 Å². The number of anilines is 2. The van der Waals surface area contributed by atoms with Crippen molar-refractivity contribution < 1.29 is 18.7 Å². The highest BCUT2D eigenvalue weighted by molar-refractivity contribution is 6.31. The molecule has 1 aliphatic carbocycles. The molecule has 0 saturated heterocycles. The van der Waals surface area contributed by atoms with E-state index in [2.05, 4.69) is 25.9 Å². The molecule has 1 aromatic carbocycles. The Morgan fingerprint density at radius 2 is 1.97 bits per heavy atom. The monoisotopic (exact) mass is 518 g/mol. The Morgan fingerprint density at radius 1 is 1.19 bits per heavy atom. The minimum atomic E-state index is -0.568. The van der Waals surface area contributed by atoms with Crippen molar-refractivity contribution in [3.05, 3.63) is 45.9 Å². The van der Waals surface area contributed by atoms with Gasteiger partial charge in [-0.25, -0.2) is 14.2 Å². The molecule has 2 aliphatic rings. The first-order valence-electron chi connectivity index (χ1n) is 12.2. The van der Waals surface area contributed by atoms with Gasteiger partial charge < -0.3 is 25.6 Å². The first kappa shape index (κ1) is 25.9. The van der Waals surface area contributed by atoms with Gasteiger partial charge in [-0.1, -0.05) is 17.7 Å². The third kappa shape index (κ3) is 6.96. The molecule has 1 fully saturated rings.